The molecule has 0 bridgehead atoms. The third kappa shape index (κ3) is 3.69. The fourth-order valence-electron chi connectivity index (χ4n) is 3.35. The maximum atomic E-state index is 9.69. The lowest BCUT2D eigenvalue weighted by Crippen LogP contribution is -2.60. The second-order valence-electron chi connectivity index (χ2n) is 7.28. The Hall–Kier alpha value is -0.160. The van der Waals surface area contributed by atoms with E-state index < -0.39 is 0 Å². The summed E-state index contributed by atoms with van der Waals surface area (Å²) in [7, 11) is 6.58. The van der Waals surface area contributed by atoms with E-state index >= 15 is 0 Å². The summed E-state index contributed by atoms with van der Waals surface area (Å²) in [6.07, 6.45) is 6.48. The van der Waals surface area contributed by atoms with Gasteiger partial charge < -0.3 is 20.2 Å². The van der Waals surface area contributed by atoms with Gasteiger partial charge in [0.05, 0.1) is 12.1 Å². The van der Waals surface area contributed by atoms with Gasteiger partial charge in [-0.3, -0.25) is 0 Å². The van der Waals surface area contributed by atoms with Gasteiger partial charge in [0.2, 0.25) is 0 Å². The van der Waals surface area contributed by atoms with Gasteiger partial charge in [0, 0.05) is 24.7 Å². The smallest absolute Gasteiger partial charge is 0.0623 e. The third-order valence-corrected chi connectivity index (χ3v) is 4.89. The van der Waals surface area contributed by atoms with E-state index in [0.29, 0.717) is 11.6 Å². The van der Waals surface area contributed by atoms with Gasteiger partial charge in [0.25, 0.3) is 0 Å². The summed E-state index contributed by atoms with van der Waals surface area (Å²) in [5.74, 6) is 0. The SMILES string of the molecule is CN(CC(C)(CO)NC1CC1)CC1(N(C)C)CCC1. The highest BCUT2D eigenvalue weighted by atomic mass is 16.3. The van der Waals surface area contributed by atoms with Crippen LogP contribution in [-0.2, 0) is 0 Å². The zero-order valence-corrected chi connectivity index (χ0v) is 13.1. The average Bonchev–Trinajstić information content (AvgIpc) is 3.06. The second kappa shape index (κ2) is 5.68. The quantitative estimate of drug-likeness (QED) is 0.687. The fraction of sp³-hybridized carbons (Fsp3) is 1.00. The molecule has 0 aliphatic heterocycles. The predicted molar refractivity (Wildman–Crippen MR) is 79.4 cm³/mol. The Kier molecular flexibility index (Phi) is 4.56. The minimum absolute atomic E-state index is 0.160. The van der Waals surface area contributed by atoms with Crippen LogP contribution in [0, 0.1) is 0 Å². The van der Waals surface area contributed by atoms with E-state index in [1.54, 1.807) is 0 Å². The van der Waals surface area contributed by atoms with Crippen molar-refractivity contribution < 1.29 is 5.11 Å². The van der Waals surface area contributed by atoms with Crippen LogP contribution < -0.4 is 5.32 Å². The lowest BCUT2D eigenvalue weighted by Gasteiger charge is -2.50. The van der Waals surface area contributed by atoms with Crippen LogP contribution in [0.2, 0.25) is 0 Å². The molecule has 0 aromatic heterocycles. The van der Waals surface area contributed by atoms with E-state index in [4.69, 9.17) is 0 Å². The summed E-state index contributed by atoms with van der Waals surface area (Å²) >= 11 is 0. The molecular formula is C15H31N3O. The van der Waals surface area contributed by atoms with Crippen LogP contribution in [0.4, 0.5) is 0 Å². The van der Waals surface area contributed by atoms with Crippen molar-refractivity contribution in [2.45, 2.75) is 56.1 Å². The first-order valence-electron chi connectivity index (χ1n) is 7.64. The van der Waals surface area contributed by atoms with Crippen molar-refractivity contribution in [2.75, 3.05) is 40.8 Å². The van der Waals surface area contributed by atoms with E-state index in [-0.39, 0.29) is 12.1 Å². The summed E-state index contributed by atoms with van der Waals surface area (Å²) in [4.78, 5) is 4.78. The first-order valence-corrected chi connectivity index (χ1v) is 7.64. The van der Waals surface area contributed by atoms with Crippen LogP contribution in [0.25, 0.3) is 0 Å². The lowest BCUT2D eigenvalue weighted by molar-refractivity contribution is 0.0163. The molecule has 1 unspecified atom stereocenters. The Morgan fingerprint density at radius 1 is 1.26 bits per heavy atom. The number of likely N-dealkylation sites (N-methyl/N-ethyl adjacent to an activating group) is 2. The third-order valence-electron chi connectivity index (χ3n) is 4.89. The monoisotopic (exact) mass is 269 g/mol. The van der Waals surface area contributed by atoms with Gasteiger partial charge in [-0.15, -0.1) is 0 Å². The molecule has 2 fully saturated rings. The van der Waals surface area contributed by atoms with Crippen LogP contribution >= 0.6 is 0 Å². The fourth-order valence-corrected chi connectivity index (χ4v) is 3.35. The number of hydrogen-bond donors (Lipinski definition) is 2. The van der Waals surface area contributed by atoms with Gasteiger partial charge >= 0.3 is 0 Å². The molecule has 2 saturated carbocycles. The summed E-state index contributed by atoms with van der Waals surface area (Å²) in [5, 5.41) is 13.3. The summed E-state index contributed by atoms with van der Waals surface area (Å²) in [6.45, 7) is 4.37. The Morgan fingerprint density at radius 3 is 2.26 bits per heavy atom. The van der Waals surface area contributed by atoms with Crippen molar-refractivity contribution in [2.24, 2.45) is 0 Å². The van der Waals surface area contributed by atoms with Gasteiger partial charge in [-0.1, -0.05) is 0 Å². The van der Waals surface area contributed by atoms with Crippen molar-refractivity contribution in [3.05, 3.63) is 0 Å². The molecule has 0 aromatic rings. The zero-order chi connectivity index (χ0) is 14.1. The molecule has 4 heteroatoms. The Morgan fingerprint density at radius 2 is 1.89 bits per heavy atom. The normalized spacial score (nSPS) is 25.4. The minimum atomic E-state index is -0.160. The first kappa shape index (κ1) is 15.2. The number of hydrogen-bond acceptors (Lipinski definition) is 4. The van der Waals surface area contributed by atoms with Crippen molar-refractivity contribution in [3.63, 3.8) is 0 Å². The molecule has 0 saturated heterocycles. The molecule has 0 amide bonds. The van der Waals surface area contributed by atoms with Gasteiger partial charge in [0.1, 0.15) is 0 Å². The largest absolute Gasteiger partial charge is 0.394 e. The van der Waals surface area contributed by atoms with E-state index in [0.717, 1.165) is 13.1 Å². The molecule has 0 heterocycles. The van der Waals surface area contributed by atoms with Gasteiger partial charge in [-0.2, -0.15) is 0 Å². The lowest BCUT2D eigenvalue weighted by atomic mass is 9.75. The maximum Gasteiger partial charge on any atom is 0.0623 e. The minimum Gasteiger partial charge on any atom is -0.394 e. The molecule has 0 aromatic carbocycles. The van der Waals surface area contributed by atoms with Gasteiger partial charge in [0.15, 0.2) is 0 Å². The van der Waals surface area contributed by atoms with Crippen LogP contribution in [0.3, 0.4) is 0 Å². The Bertz CT molecular complexity index is 300. The highest BCUT2D eigenvalue weighted by molar-refractivity contribution is 5.00. The van der Waals surface area contributed by atoms with Crippen molar-refractivity contribution in [1.29, 1.82) is 0 Å². The van der Waals surface area contributed by atoms with Crippen molar-refractivity contribution in [1.82, 2.24) is 15.1 Å². The number of nitrogens with one attached hydrogen (secondary N) is 1. The van der Waals surface area contributed by atoms with E-state index in [1.165, 1.54) is 32.1 Å². The van der Waals surface area contributed by atoms with E-state index in [2.05, 4.69) is 43.2 Å². The van der Waals surface area contributed by atoms with Crippen molar-refractivity contribution >= 4 is 0 Å². The molecule has 2 rings (SSSR count). The Balaban J connectivity index is 1.86. The topological polar surface area (TPSA) is 38.7 Å². The van der Waals surface area contributed by atoms with E-state index in [9.17, 15) is 5.11 Å². The highest BCUT2D eigenvalue weighted by Gasteiger charge is 2.41. The summed E-state index contributed by atoms with van der Waals surface area (Å²) < 4.78 is 0. The summed E-state index contributed by atoms with van der Waals surface area (Å²) in [5.41, 5.74) is 0.206. The maximum absolute atomic E-state index is 9.69. The average molecular weight is 269 g/mol. The van der Waals surface area contributed by atoms with Crippen molar-refractivity contribution in [3.8, 4) is 0 Å². The molecule has 2 N–H and O–H groups in total. The van der Waals surface area contributed by atoms with Crippen LogP contribution in [0.1, 0.15) is 39.0 Å². The van der Waals surface area contributed by atoms with E-state index in [1.807, 2.05) is 0 Å². The van der Waals surface area contributed by atoms with Gasteiger partial charge in [-0.25, -0.2) is 0 Å². The standard InChI is InChI=1S/C15H31N3O/c1-14(12-19,16-13-6-7-13)10-18(4)11-15(17(2)3)8-5-9-15/h13,16,19H,5-12H2,1-4H3. The number of rotatable bonds is 8. The zero-order valence-electron chi connectivity index (χ0n) is 13.1. The molecule has 0 radical (unpaired) electrons. The van der Waals surface area contributed by atoms with Crippen LogP contribution in [0.5, 0.6) is 0 Å². The molecule has 1 atom stereocenters. The number of aliphatic hydroxyl groups excluding tert-OH is 1. The molecule has 112 valence electrons. The second-order valence-corrected chi connectivity index (χ2v) is 7.28. The molecule has 0 spiro atoms. The van der Waals surface area contributed by atoms with Crippen LogP contribution in [-0.4, -0.2) is 72.9 Å². The molecule has 2 aliphatic carbocycles. The number of aliphatic hydroxyl groups is 1. The highest BCUT2D eigenvalue weighted by Crippen LogP contribution is 2.36. The van der Waals surface area contributed by atoms with Gasteiger partial charge in [-0.05, 0) is 60.2 Å². The predicted octanol–water partition coefficient (Wildman–Crippen LogP) is 0.906. The first-order chi connectivity index (χ1) is 8.89. The number of nitrogens with zero attached hydrogens (tertiary/aromatic N) is 2. The molecular weight excluding hydrogens is 238 g/mol. The molecule has 19 heavy (non-hydrogen) atoms. The molecule has 2 aliphatic rings. The summed E-state index contributed by atoms with van der Waals surface area (Å²) in [6, 6.07) is 0.636. The Labute approximate surface area is 118 Å². The van der Waals surface area contributed by atoms with Crippen LogP contribution in [0.15, 0.2) is 0 Å². The molecule has 4 nitrogen and oxygen atoms in total.